The molecule has 0 spiro atoms. The standard InChI is InChI=1S/C15H22N2O4S.ClH/c1-22(19,20)9-8-21-14-6-2-5-13(10-14)17-15(18)12-4-3-7-16-11-12;/h2,5-6,10,12,16H,3-4,7-9,11H2,1H3,(H,17,18);1H. The highest BCUT2D eigenvalue weighted by Crippen LogP contribution is 2.19. The van der Waals surface area contributed by atoms with Gasteiger partial charge in [-0.2, -0.15) is 0 Å². The summed E-state index contributed by atoms with van der Waals surface area (Å²) in [6.07, 6.45) is 3.07. The van der Waals surface area contributed by atoms with Gasteiger partial charge in [0.2, 0.25) is 5.91 Å². The molecule has 130 valence electrons. The fourth-order valence-electron chi connectivity index (χ4n) is 2.29. The van der Waals surface area contributed by atoms with Gasteiger partial charge in [-0.25, -0.2) is 8.42 Å². The largest absolute Gasteiger partial charge is 0.492 e. The summed E-state index contributed by atoms with van der Waals surface area (Å²) >= 11 is 0. The minimum absolute atomic E-state index is 0. The Morgan fingerprint density at radius 1 is 1.43 bits per heavy atom. The van der Waals surface area contributed by atoms with Crippen molar-refractivity contribution in [1.82, 2.24) is 5.32 Å². The minimum Gasteiger partial charge on any atom is -0.492 e. The van der Waals surface area contributed by atoms with Crippen LogP contribution in [0.25, 0.3) is 0 Å². The van der Waals surface area contributed by atoms with Gasteiger partial charge >= 0.3 is 0 Å². The third-order valence-electron chi connectivity index (χ3n) is 3.49. The van der Waals surface area contributed by atoms with Crippen LogP contribution in [0, 0.1) is 5.92 Å². The smallest absolute Gasteiger partial charge is 0.228 e. The highest BCUT2D eigenvalue weighted by atomic mass is 35.5. The number of ether oxygens (including phenoxy) is 1. The van der Waals surface area contributed by atoms with Gasteiger partial charge in [-0.1, -0.05) is 6.07 Å². The van der Waals surface area contributed by atoms with Crippen molar-refractivity contribution < 1.29 is 17.9 Å². The molecule has 1 aromatic rings. The van der Waals surface area contributed by atoms with Gasteiger partial charge in [-0.05, 0) is 31.5 Å². The Labute approximate surface area is 143 Å². The van der Waals surface area contributed by atoms with E-state index in [-0.39, 0.29) is 36.6 Å². The van der Waals surface area contributed by atoms with Gasteiger partial charge in [0.15, 0.2) is 9.84 Å². The molecule has 1 saturated heterocycles. The summed E-state index contributed by atoms with van der Waals surface area (Å²) in [7, 11) is -3.04. The summed E-state index contributed by atoms with van der Waals surface area (Å²) in [5, 5.41) is 6.09. The number of carbonyl (C=O) groups excluding carboxylic acids is 1. The molecule has 1 atom stereocenters. The third-order valence-corrected chi connectivity index (χ3v) is 4.40. The van der Waals surface area contributed by atoms with E-state index in [1.165, 1.54) is 6.26 Å². The summed E-state index contributed by atoms with van der Waals surface area (Å²) in [4.78, 5) is 12.2. The van der Waals surface area contributed by atoms with E-state index in [4.69, 9.17) is 4.74 Å². The first kappa shape index (κ1) is 19.7. The fraction of sp³-hybridized carbons (Fsp3) is 0.533. The predicted octanol–water partition coefficient (Wildman–Crippen LogP) is 1.47. The van der Waals surface area contributed by atoms with Crippen molar-refractivity contribution in [3.05, 3.63) is 24.3 Å². The van der Waals surface area contributed by atoms with Gasteiger partial charge in [-0.15, -0.1) is 12.4 Å². The predicted molar refractivity (Wildman–Crippen MR) is 93.1 cm³/mol. The number of sulfone groups is 1. The number of halogens is 1. The Kier molecular flexibility index (Phi) is 7.81. The van der Waals surface area contributed by atoms with E-state index < -0.39 is 9.84 Å². The lowest BCUT2D eigenvalue weighted by molar-refractivity contribution is -0.120. The van der Waals surface area contributed by atoms with Crippen LogP contribution < -0.4 is 15.4 Å². The monoisotopic (exact) mass is 362 g/mol. The summed E-state index contributed by atoms with van der Waals surface area (Å²) in [5.41, 5.74) is 0.660. The maximum Gasteiger partial charge on any atom is 0.228 e. The van der Waals surface area contributed by atoms with Crippen LogP contribution in [0.15, 0.2) is 24.3 Å². The second kappa shape index (κ2) is 9.10. The van der Waals surface area contributed by atoms with Crippen LogP contribution in [0.1, 0.15) is 12.8 Å². The second-order valence-electron chi connectivity index (χ2n) is 5.54. The van der Waals surface area contributed by atoms with E-state index in [0.29, 0.717) is 18.0 Å². The molecule has 2 N–H and O–H groups in total. The molecule has 1 amide bonds. The highest BCUT2D eigenvalue weighted by molar-refractivity contribution is 7.90. The average molecular weight is 363 g/mol. The Balaban J connectivity index is 0.00000264. The van der Waals surface area contributed by atoms with Gasteiger partial charge in [0.05, 0.1) is 11.7 Å². The summed E-state index contributed by atoms with van der Waals surface area (Å²) in [5.74, 6) is 0.504. The van der Waals surface area contributed by atoms with Gasteiger partial charge < -0.3 is 15.4 Å². The lowest BCUT2D eigenvalue weighted by atomic mass is 9.99. The van der Waals surface area contributed by atoms with E-state index in [2.05, 4.69) is 10.6 Å². The Bertz CT molecular complexity index is 616. The number of nitrogens with one attached hydrogen (secondary N) is 2. The lowest BCUT2D eigenvalue weighted by Gasteiger charge is -2.22. The lowest BCUT2D eigenvalue weighted by Crippen LogP contribution is -2.37. The first-order valence-corrected chi connectivity index (χ1v) is 9.42. The zero-order chi connectivity index (χ0) is 16.0. The molecule has 1 unspecified atom stereocenters. The molecule has 8 heteroatoms. The molecule has 0 aliphatic carbocycles. The van der Waals surface area contributed by atoms with E-state index in [0.717, 1.165) is 19.4 Å². The van der Waals surface area contributed by atoms with Crippen LogP contribution in [0.2, 0.25) is 0 Å². The number of piperidine rings is 1. The number of hydrogen-bond donors (Lipinski definition) is 2. The van der Waals surface area contributed by atoms with E-state index in [1.807, 2.05) is 0 Å². The first-order valence-electron chi connectivity index (χ1n) is 7.36. The summed E-state index contributed by atoms with van der Waals surface area (Å²) in [6.45, 7) is 1.77. The van der Waals surface area contributed by atoms with Crippen molar-refractivity contribution >= 4 is 33.8 Å². The molecule has 1 heterocycles. The first-order chi connectivity index (χ1) is 10.4. The maximum atomic E-state index is 12.2. The number of carbonyl (C=O) groups is 1. The Morgan fingerprint density at radius 3 is 2.87 bits per heavy atom. The SMILES string of the molecule is CS(=O)(=O)CCOc1cccc(NC(=O)C2CCCNC2)c1.Cl. The van der Waals surface area contributed by atoms with Crippen LogP contribution in [-0.4, -0.2) is 46.0 Å². The van der Waals surface area contributed by atoms with Crippen molar-refractivity contribution in [3.8, 4) is 5.75 Å². The highest BCUT2D eigenvalue weighted by Gasteiger charge is 2.20. The van der Waals surface area contributed by atoms with Gasteiger partial charge in [-0.3, -0.25) is 4.79 Å². The van der Waals surface area contributed by atoms with Crippen LogP contribution in [-0.2, 0) is 14.6 Å². The number of benzene rings is 1. The Morgan fingerprint density at radius 2 is 2.22 bits per heavy atom. The minimum atomic E-state index is -3.04. The van der Waals surface area contributed by atoms with E-state index >= 15 is 0 Å². The van der Waals surface area contributed by atoms with E-state index in [9.17, 15) is 13.2 Å². The molecule has 1 aromatic carbocycles. The normalized spacial score (nSPS) is 17.9. The molecule has 23 heavy (non-hydrogen) atoms. The summed E-state index contributed by atoms with van der Waals surface area (Å²) in [6, 6.07) is 7.00. The average Bonchev–Trinajstić information content (AvgIpc) is 2.47. The van der Waals surface area contributed by atoms with Crippen LogP contribution >= 0.6 is 12.4 Å². The third kappa shape index (κ3) is 7.20. The quantitative estimate of drug-likeness (QED) is 0.800. The molecule has 2 rings (SSSR count). The molecule has 1 aliphatic rings. The van der Waals surface area contributed by atoms with Gasteiger partial charge in [0.25, 0.3) is 0 Å². The second-order valence-corrected chi connectivity index (χ2v) is 7.80. The summed E-state index contributed by atoms with van der Waals surface area (Å²) < 4.78 is 27.5. The molecule has 0 aromatic heterocycles. The van der Waals surface area contributed by atoms with Crippen molar-refractivity contribution in [2.45, 2.75) is 12.8 Å². The molecular formula is C15H23ClN2O4S. The van der Waals surface area contributed by atoms with Crippen molar-refractivity contribution in [2.24, 2.45) is 5.92 Å². The molecule has 0 bridgehead atoms. The number of rotatable bonds is 6. The van der Waals surface area contributed by atoms with Crippen molar-refractivity contribution in [3.63, 3.8) is 0 Å². The topological polar surface area (TPSA) is 84.5 Å². The molecule has 6 nitrogen and oxygen atoms in total. The number of amides is 1. The van der Waals surface area contributed by atoms with E-state index in [1.54, 1.807) is 24.3 Å². The fourth-order valence-corrected chi connectivity index (χ4v) is 2.68. The van der Waals surface area contributed by atoms with Crippen molar-refractivity contribution in [1.29, 1.82) is 0 Å². The molecule has 1 aliphatic heterocycles. The van der Waals surface area contributed by atoms with Crippen LogP contribution in [0.3, 0.4) is 0 Å². The zero-order valence-corrected chi connectivity index (χ0v) is 14.7. The van der Waals surface area contributed by atoms with Gasteiger partial charge in [0.1, 0.15) is 12.4 Å². The number of anilines is 1. The van der Waals surface area contributed by atoms with Crippen LogP contribution in [0.4, 0.5) is 5.69 Å². The number of hydrogen-bond acceptors (Lipinski definition) is 5. The molecule has 0 saturated carbocycles. The van der Waals surface area contributed by atoms with Crippen molar-refractivity contribution in [2.75, 3.05) is 37.0 Å². The van der Waals surface area contributed by atoms with Crippen LogP contribution in [0.5, 0.6) is 5.75 Å². The molecular weight excluding hydrogens is 340 g/mol. The molecule has 1 fully saturated rings. The Hall–Kier alpha value is -1.31. The molecule has 0 radical (unpaired) electrons. The maximum absolute atomic E-state index is 12.2. The zero-order valence-electron chi connectivity index (χ0n) is 13.1. The van der Waals surface area contributed by atoms with Gasteiger partial charge in [0, 0.05) is 24.6 Å².